The van der Waals surface area contributed by atoms with E-state index in [1.54, 1.807) is 0 Å². The Bertz CT molecular complexity index is 375. The molecule has 0 atom stereocenters. The SMILES string of the molecule is Cc1cccc(NC(=O)COC2CNC2)c1. The van der Waals surface area contributed by atoms with Crippen molar-refractivity contribution in [3.05, 3.63) is 29.8 Å². The van der Waals surface area contributed by atoms with E-state index in [1.165, 1.54) is 0 Å². The average molecular weight is 220 g/mol. The molecule has 0 radical (unpaired) electrons. The van der Waals surface area contributed by atoms with E-state index in [0.717, 1.165) is 24.3 Å². The van der Waals surface area contributed by atoms with Crippen LogP contribution in [0.15, 0.2) is 24.3 Å². The summed E-state index contributed by atoms with van der Waals surface area (Å²) in [5.74, 6) is -0.0995. The number of hydrogen-bond acceptors (Lipinski definition) is 3. The second-order valence-corrected chi connectivity index (χ2v) is 4.01. The van der Waals surface area contributed by atoms with E-state index in [-0.39, 0.29) is 18.6 Å². The Kier molecular flexibility index (Phi) is 3.54. The zero-order valence-electron chi connectivity index (χ0n) is 9.32. The molecule has 2 N–H and O–H groups in total. The molecular formula is C12H16N2O2. The summed E-state index contributed by atoms with van der Waals surface area (Å²) in [6.07, 6.45) is 0.197. The van der Waals surface area contributed by atoms with Crippen LogP contribution in [0.2, 0.25) is 0 Å². The van der Waals surface area contributed by atoms with Gasteiger partial charge in [-0.1, -0.05) is 12.1 Å². The fourth-order valence-corrected chi connectivity index (χ4v) is 1.49. The van der Waals surface area contributed by atoms with Gasteiger partial charge in [0, 0.05) is 18.8 Å². The maximum atomic E-state index is 11.5. The third-order valence-corrected chi connectivity index (χ3v) is 2.50. The largest absolute Gasteiger partial charge is 0.366 e. The molecule has 16 heavy (non-hydrogen) atoms. The van der Waals surface area contributed by atoms with Gasteiger partial charge in [-0.3, -0.25) is 4.79 Å². The van der Waals surface area contributed by atoms with Gasteiger partial charge >= 0.3 is 0 Å². The first-order chi connectivity index (χ1) is 7.74. The van der Waals surface area contributed by atoms with Gasteiger partial charge in [-0.15, -0.1) is 0 Å². The normalized spacial score (nSPS) is 15.6. The van der Waals surface area contributed by atoms with E-state index in [2.05, 4.69) is 10.6 Å². The standard InChI is InChI=1S/C12H16N2O2/c1-9-3-2-4-10(5-9)14-12(15)8-16-11-6-13-7-11/h2-5,11,13H,6-8H2,1H3,(H,14,15). The molecule has 0 bridgehead atoms. The molecule has 1 saturated heterocycles. The molecule has 0 saturated carbocycles. The molecule has 1 aromatic carbocycles. The van der Waals surface area contributed by atoms with Crippen molar-refractivity contribution in [2.45, 2.75) is 13.0 Å². The molecule has 1 aromatic rings. The number of anilines is 1. The summed E-state index contributed by atoms with van der Waals surface area (Å²) in [5, 5.41) is 5.89. The molecule has 0 aliphatic carbocycles. The number of ether oxygens (including phenoxy) is 1. The third kappa shape index (κ3) is 3.05. The lowest BCUT2D eigenvalue weighted by molar-refractivity contribution is -0.123. The lowest BCUT2D eigenvalue weighted by Gasteiger charge is -2.26. The molecule has 1 aliphatic heterocycles. The van der Waals surface area contributed by atoms with Crippen LogP contribution >= 0.6 is 0 Å². The fourth-order valence-electron chi connectivity index (χ4n) is 1.49. The maximum Gasteiger partial charge on any atom is 0.250 e. The summed E-state index contributed by atoms with van der Waals surface area (Å²) in [4.78, 5) is 11.5. The van der Waals surface area contributed by atoms with Crippen LogP contribution < -0.4 is 10.6 Å². The number of rotatable bonds is 4. The van der Waals surface area contributed by atoms with Gasteiger partial charge in [0.15, 0.2) is 0 Å². The molecule has 1 heterocycles. The number of nitrogens with one attached hydrogen (secondary N) is 2. The van der Waals surface area contributed by atoms with Gasteiger partial charge in [-0.05, 0) is 24.6 Å². The quantitative estimate of drug-likeness (QED) is 0.793. The molecule has 0 unspecified atom stereocenters. The zero-order chi connectivity index (χ0) is 11.4. The fraction of sp³-hybridized carbons (Fsp3) is 0.417. The molecule has 1 fully saturated rings. The van der Waals surface area contributed by atoms with Gasteiger partial charge in [0.1, 0.15) is 6.61 Å². The molecule has 0 aromatic heterocycles. The number of carbonyl (C=O) groups excluding carboxylic acids is 1. The monoisotopic (exact) mass is 220 g/mol. The molecule has 4 heteroatoms. The third-order valence-electron chi connectivity index (χ3n) is 2.50. The first kappa shape index (κ1) is 11.1. The Morgan fingerprint density at radius 2 is 2.38 bits per heavy atom. The predicted molar refractivity (Wildman–Crippen MR) is 62.4 cm³/mol. The highest BCUT2D eigenvalue weighted by Gasteiger charge is 2.18. The second-order valence-electron chi connectivity index (χ2n) is 4.01. The molecular weight excluding hydrogens is 204 g/mol. The first-order valence-electron chi connectivity index (χ1n) is 5.43. The Labute approximate surface area is 95.0 Å². The average Bonchev–Trinajstić information content (AvgIpc) is 2.15. The summed E-state index contributed by atoms with van der Waals surface area (Å²) in [6.45, 7) is 3.81. The van der Waals surface area contributed by atoms with Crippen molar-refractivity contribution in [3.63, 3.8) is 0 Å². The van der Waals surface area contributed by atoms with Crippen LogP contribution in [0.1, 0.15) is 5.56 Å². The van der Waals surface area contributed by atoms with E-state index < -0.39 is 0 Å². The topological polar surface area (TPSA) is 50.4 Å². The van der Waals surface area contributed by atoms with Crippen molar-refractivity contribution in [1.82, 2.24) is 5.32 Å². The van der Waals surface area contributed by atoms with Crippen molar-refractivity contribution in [1.29, 1.82) is 0 Å². The molecule has 1 aliphatic rings. The lowest BCUT2D eigenvalue weighted by atomic mass is 10.2. The van der Waals surface area contributed by atoms with E-state index in [9.17, 15) is 4.79 Å². The Morgan fingerprint density at radius 1 is 1.56 bits per heavy atom. The zero-order valence-corrected chi connectivity index (χ0v) is 9.32. The second kappa shape index (κ2) is 5.09. The smallest absolute Gasteiger partial charge is 0.250 e. The van der Waals surface area contributed by atoms with Gasteiger partial charge in [0.05, 0.1) is 6.10 Å². The molecule has 4 nitrogen and oxygen atoms in total. The minimum atomic E-state index is -0.0995. The Morgan fingerprint density at radius 3 is 3.00 bits per heavy atom. The molecule has 0 spiro atoms. The number of carbonyl (C=O) groups is 1. The highest BCUT2D eigenvalue weighted by atomic mass is 16.5. The minimum absolute atomic E-state index is 0.0995. The number of benzene rings is 1. The summed E-state index contributed by atoms with van der Waals surface area (Å²) in [5.41, 5.74) is 1.95. The van der Waals surface area contributed by atoms with E-state index in [0.29, 0.717) is 0 Å². The summed E-state index contributed by atoms with van der Waals surface area (Å²) in [6, 6.07) is 7.71. The van der Waals surface area contributed by atoms with Crippen molar-refractivity contribution in [2.24, 2.45) is 0 Å². The van der Waals surface area contributed by atoms with Crippen molar-refractivity contribution >= 4 is 11.6 Å². The van der Waals surface area contributed by atoms with Crippen LogP contribution in [-0.2, 0) is 9.53 Å². The van der Waals surface area contributed by atoms with Gasteiger partial charge in [0.25, 0.3) is 0 Å². The van der Waals surface area contributed by atoms with Crippen molar-refractivity contribution in [2.75, 3.05) is 25.0 Å². The summed E-state index contributed by atoms with van der Waals surface area (Å²) >= 11 is 0. The molecule has 1 amide bonds. The van der Waals surface area contributed by atoms with Gasteiger partial charge < -0.3 is 15.4 Å². The Hall–Kier alpha value is -1.39. The van der Waals surface area contributed by atoms with E-state index in [1.807, 2.05) is 31.2 Å². The van der Waals surface area contributed by atoms with E-state index >= 15 is 0 Å². The number of aryl methyl sites for hydroxylation is 1. The van der Waals surface area contributed by atoms with Crippen molar-refractivity contribution < 1.29 is 9.53 Å². The van der Waals surface area contributed by atoms with Crippen LogP contribution in [0.25, 0.3) is 0 Å². The summed E-state index contributed by atoms with van der Waals surface area (Å²) < 4.78 is 5.37. The van der Waals surface area contributed by atoms with Crippen LogP contribution in [0.5, 0.6) is 0 Å². The highest BCUT2D eigenvalue weighted by Crippen LogP contribution is 2.09. The lowest BCUT2D eigenvalue weighted by Crippen LogP contribution is -2.49. The predicted octanol–water partition coefficient (Wildman–Crippen LogP) is 0.922. The van der Waals surface area contributed by atoms with Crippen LogP contribution in [-0.4, -0.2) is 31.7 Å². The van der Waals surface area contributed by atoms with Crippen LogP contribution in [0, 0.1) is 6.92 Å². The van der Waals surface area contributed by atoms with Gasteiger partial charge in [-0.25, -0.2) is 0 Å². The Balaban J connectivity index is 1.77. The summed E-state index contributed by atoms with van der Waals surface area (Å²) in [7, 11) is 0. The first-order valence-corrected chi connectivity index (χ1v) is 5.43. The number of amides is 1. The van der Waals surface area contributed by atoms with Crippen molar-refractivity contribution in [3.8, 4) is 0 Å². The van der Waals surface area contributed by atoms with Crippen LogP contribution in [0.3, 0.4) is 0 Å². The number of hydrogen-bond donors (Lipinski definition) is 2. The highest BCUT2D eigenvalue weighted by molar-refractivity contribution is 5.91. The molecule has 86 valence electrons. The van der Waals surface area contributed by atoms with Gasteiger partial charge in [0.2, 0.25) is 5.91 Å². The van der Waals surface area contributed by atoms with Crippen LogP contribution in [0.4, 0.5) is 5.69 Å². The molecule has 2 rings (SSSR count). The maximum absolute atomic E-state index is 11.5. The minimum Gasteiger partial charge on any atom is -0.366 e. The van der Waals surface area contributed by atoms with Gasteiger partial charge in [-0.2, -0.15) is 0 Å². The van der Waals surface area contributed by atoms with E-state index in [4.69, 9.17) is 4.74 Å².